The third-order valence-electron chi connectivity index (χ3n) is 1.64. The average molecular weight is 268 g/mol. The summed E-state index contributed by atoms with van der Waals surface area (Å²) in [5.41, 5.74) is -1.56. The number of aliphatic hydroxyl groups is 2. The number of carboxylic acid groups (broad SMARTS) is 2. The van der Waals surface area contributed by atoms with Gasteiger partial charge in [-0.25, -0.2) is 9.59 Å². The fourth-order valence-electron chi connectivity index (χ4n) is 0.549. The van der Waals surface area contributed by atoms with E-state index in [2.05, 4.69) is 0 Å². The lowest BCUT2D eigenvalue weighted by Gasteiger charge is -2.19. The second-order valence-electron chi connectivity index (χ2n) is 4.22. The molecular formula is C10H20O8. The van der Waals surface area contributed by atoms with Gasteiger partial charge in [0.25, 0.3) is 0 Å². The Labute approximate surface area is 104 Å². The van der Waals surface area contributed by atoms with Crippen molar-refractivity contribution in [3.63, 3.8) is 0 Å². The van der Waals surface area contributed by atoms with E-state index in [-0.39, 0.29) is 5.48 Å². The highest BCUT2D eigenvalue weighted by molar-refractivity contribution is 6.33. The Bertz CT molecular complexity index is 289. The smallest absolute Gasteiger partial charge is 0.372 e. The molecule has 0 aliphatic heterocycles. The lowest BCUT2D eigenvalue weighted by atomic mass is 10.0. The molecule has 0 amide bonds. The molecule has 0 rings (SSSR count). The Morgan fingerprint density at radius 1 is 1.06 bits per heavy atom. The monoisotopic (exact) mass is 268 g/mol. The number of aliphatic carboxylic acids is 2. The van der Waals surface area contributed by atoms with Crippen molar-refractivity contribution in [3.8, 4) is 0 Å². The molecule has 18 heavy (non-hydrogen) atoms. The Balaban J connectivity index is -0.000000238. The second kappa shape index (κ2) is 8.56. The number of hydrogen-bond acceptors (Lipinski definition) is 5. The highest BCUT2D eigenvalue weighted by atomic mass is 16.4. The maximum atomic E-state index is 10.2. The summed E-state index contributed by atoms with van der Waals surface area (Å²) in [6.45, 7) is 5.56. The zero-order chi connectivity index (χ0) is 14.4. The van der Waals surface area contributed by atoms with Crippen LogP contribution in [0.1, 0.15) is 27.7 Å². The number of aliphatic hydroxyl groups excluding tert-OH is 1. The Kier molecular flexibility index (Phi) is 10.3. The molecule has 0 unspecified atom stereocenters. The fourth-order valence-corrected chi connectivity index (χ4v) is 0.549. The van der Waals surface area contributed by atoms with Gasteiger partial charge in [0.05, 0.1) is 5.60 Å². The standard InChI is InChI=1S/C5H10O4.C5H8O3.H2O/c1-5(2,9)3(6)4(7)8;1-3(2)4(6)5(7)8;/h3,6,9H,1-2H3,(H,7,8);3H,1-2H3,(H,7,8);1H2/t3-;;/m0../s1. The van der Waals surface area contributed by atoms with Crippen LogP contribution in [-0.4, -0.2) is 55.3 Å². The van der Waals surface area contributed by atoms with E-state index in [9.17, 15) is 14.4 Å². The molecule has 1 atom stereocenters. The van der Waals surface area contributed by atoms with Crippen molar-refractivity contribution in [2.24, 2.45) is 5.92 Å². The molecule has 6 N–H and O–H groups in total. The molecule has 0 aromatic carbocycles. The van der Waals surface area contributed by atoms with Gasteiger partial charge >= 0.3 is 11.9 Å². The summed E-state index contributed by atoms with van der Waals surface area (Å²) in [5.74, 6) is -3.89. The highest BCUT2D eigenvalue weighted by Gasteiger charge is 2.30. The zero-order valence-electron chi connectivity index (χ0n) is 10.7. The van der Waals surface area contributed by atoms with Crippen molar-refractivity contribution >= 4 is 17.7 Å². The summed E-state index contributed by atoms with van der Waals surface area (Å²) in [7, 11) is 0. The van der Waals surface area contributed by atoms with Crippen molar-refractivity contribution in [1.82, 2.24) is 0 Å². The number of carbonyl (C=O) groups is 3. The molecule has 0 heterocycles. The summed E-state index contributed by atoms with van der Waals surface area (Å²) >= 11 is 0. The van der Waals surface area contributed by atoms with Crippen molar-refractivity contribution in [2.45, 2.75) is 39.4 Å². The largest absolute Gasteiger partial charge is 0.479 e. The first-order valence-corrected chi connectivity index (χ1v) is 4.81. The number of hydrogen-bond donors (Lipinski definition) is 4. The van der Waals surface area contributed by atoms with E-state index in [0.717, 1.165) is 0 Å². The highest BCUT2D eigenvalue weighted by Crippen LogP contribution is 2.07. The second-order valence-corrected chi connectivity index (χ2v) is 4.22. The van der Waals surface area contributed by atoms with Crippen LogP contribution in [0.2, 0.25) is 0 Å². The molecule has 108 valence electrons. The molecule has 0 fully saturated rings. The molecular weight excluding hydrogens is 248 g/mol. The summed E-state index contributed by atoms with van der Waals surface area (Å²) in [6.07, 6.45) is -1.71. The first kappa shape index (κ1) is 21.7. The minimum atomic E-state index is -1.71. The van der Waals surface area contributed by atoms with Gasteiger partial charge < -0.3 is 25.9 Å². The molecule has 8 nitrogen and oxygen atoms in total. The van der Waals surface area contributed by atoms with Gasteiger partial charge in [0, 0.05) is 5.92 Å². The van der Waals surface area contributed by atoms with Crippen molar-refractivity contribution in [2.75, 3.05) is 0 Å². The van der Waals surface area contributed by atoms with Crippen molar-refractivity contribution in [1.29, 1.82) is 0 Å². The predicted molar refractivity (Wildman–Crippen MR) is 61.0 cm³/mol. The van der Waals surface area contributed by atoms with E-state index in [1.807, 2.05) is 0 Å². The molecule has 0 aliphatic carbocycles. The Morgan fingerprint density at radius 3 is 1.39 bits per heavy atom. The molecule has 0 aromatic rings. The molecule has 0 bridgehead atoms. The number of carboxylic acids is 2. The normalized spacial score (nSPS) is 11.7. The van der Waals surface area contributed by atoms with E-state index >= 15 is 0 Å². The summed E-state index contributed by atoms with van der Waals surface area (Å²) in [6, 6.07) is 0. The lowest BCUT2D eigenvalue weighted by molar-refractivity contribution is -0.159. The number of Topliss-reactive ketones (excluding diaryl/α,β-unsaturated/α-hetero) is 1. The van der Waals surface area contributed by atoms with Crippen LogP contribution in [0, 0.1) is 5.92 Å². The fraction of sp³-hybridized carbons (Fsp3) is 0.700. The first-order valence-electron chi connectivity index (χ1n) is 4.81. The van der Waals surface area contributed by atoms with Crippen LogP contribution in [0.4, 0.5) is 0 Å². The van der Waals surface area contributed by atoms with Gasteiger partial charge in [-0.15, -0.1) is 0 Å². The molecule has 0 spiro atoms. The van der Waals surface area contributed by atoms with Crippen molar-refractivity contribution in [3.05, 3.63) is 0 Å². The zero-order valence-corrected chi connectivity index (χ0v) is 10.7. The van der Waals surface area contributed by atoms with Crippen LogP contribution in [0.25, 0.3) is 0 Å². The van der Waals surface area contributed by atoms with Gasteiger partial charge in [0.2, 0.25) is 5.78 Å². The summed E-state index contributed by atoms with van der Waals surface area (Å²) in [5, 5.41) is 33.5. The third kappa shape index (κ3) is 9.70. The number of rotatable bonds is 4. The van der Waals surface area contributed by atoms with Crippen LogP contribution in [0.3, 0.4) is 0 Å². The van der Waals surface area contributed by atoms with Gasteiger partial charge in [0.15, 0.2) is 6.10 Å². The van der Waals surface area contributed by atoms with Gasteiger partial charge in [-0.05, 0) is 13.8 Å². The van der Waals surface area contributed by atoms with Crippen molar-refractivity contribution < 1.29 is 40.3 Å². The maximum Gasteiger partial charge on any atom is 0.372 e. The van der Waals surface area contributed by atoms with E-state index < -0.39 is 35.3 Å². The Hall–Kier alpha value is -1.51. The van der Waals surface area contributed by atoms with Crippen LogP contribution < -0.4 is 0 Å². The van der Waals surface area contributed by atoms with E-state index in [4.69, 9.17) is 20.4 Å². The third-order valence-corrected chi connectivity index (χ3v) is 1.64. The van der Waals surface area contributed by atoms with Crippen LogP contribution in [0.15, 0.2) is 0 Å². The molecule has 0 saturated heterocycles. The minimum absolute atomic E-state index is 0. The molecule has 0 saturated carbocycles. The predicted octanol–water partition coefficient (Wildman–Crippen LogP) is -1.33. The summed E-state index contributed by atoms with van der Waals surface area (Å²) in [4.78, 5) is 30.0. The van der Waals surface area contributed by atoms with Gasteiger partial charge in [-0.1, -0.05) is 13.8 Å². The van der Waals surface area contributed by atoms with E-state index in [1.165, 1.54) is 13.8 Å². The Morgan fingerprint density at radius 2 is 1.39 bits per heavy atom. The van der Waals surface area contributed by atoms with Gasteiger partial charge in [-0.3, -0.25) is 4.79 Å². The van der Waals surface area contributed by atoms with E-state index in [1.54, 1.807) is 13.8 Å². The molecule has 0 radical (unpaired) electrons. The maximum absolute atomic E-state index is 10.2. The van der Waals surface area contributed by atoms with Crippen LogP contribution in [0.5, 0.6) is 0 Å². The van der Waals surface area contributed by atoms with Gasteiger partial charge in [-0.2, -0.15) is 0 Å². The summed E-state index contributed by atoms with van der Waals surface area (Å²) < 4.78 is 0. The topological polar surface area (TPSA) is 164 Å². The van der Waals surface area contributed by atoms with E-state index in [0.29, 0.717) is 0 Å². The molecule has 8 heteroatoms. The quantitative estimate of drug-likeness (QED) is 0.459. The lowest BCUT2D eigenvalue weighted by Crippen LogP contribution is -2.41. The molecule has 0 aromatic heterocycles. The first-order chi connectivity index (χ1) is 7.41. The molecule has 0 aliphatic rings. The number of carbonyl (C=O) groups excluding carboxylic acids is 1. The van der Waals surface area contributed by atoms with Gasteiger partial charge in [0.1, 0.15) is 0 Å². The van der Waals surface area contributed by atoms with Crippen LogP contribution in [-0.2, 0) is 14.4 Å². The number of ketones is 1. The minimum Gasteiger partial charge on any atom is -0.479 e. The van der Waals surface area contributed by atoms with Crippen LogP contribution >= 0.6 is 0 Å². The SMILES string of the molecule is CC(C)(O)[C@@H](O)C(=O)O.CC(C)C(=O)C(=O)O.O. The average Bonchev–Trinajstić information content (AvgIpc) is 2.14.